The van der Waals surface area contributed by atoms with Gasteiger partial charge in [-0.1, -0.05) is 30.3 Å². The van der Waals surface area contributed by atoms with Gasteiger partial charge in [-0.15, -0.1) is 0 Å². The van der Waals surface area contributed by atoms with E-state index in [1.54, 1.807) is 0 Å². The van der Waals surface area contributed by atoms with E-state index in [4.69, 9.17) is 10.5 Å². The summed E-state index contributed by atoms with van der Waals surface area (Å²) in [4.78, 5) is 0. The minimum absolute atomic E-state index is 0.0377. The Labute approximate surface area is 107 Å². The Morgan fingerprint density at radius 3 is 2.39 bits per heavy atom. The van der Waals surface area contributed by atoms with Crippen molar-refractivity contribution in [3.63, 3.8) is 0 Å². The van der Waals surface area contributed by atoms with Crippen LogP contribution in [0.25, 0.3) is 0 Å². The highest BCUT2D eigenvalue weighted by Gasteiger charge is 2.09. The molecule has 0 aliphatic rings. The zero-order chi connectivity index (χ0) is 12.8. The minimum atomic E-state index is -0.0377. The first-order valence-corrected chi connectivity index (χ1v) is 5.97. The van der Waals surface area contributed by atoms with Gasteiger partial charge in [-0.25, -0.2) is 0 Å². The maximum absolute atomic E-state index is 9.24. The van der Waals surface area contributed by atoms with Gasteiger partial charge < -0.3 is 15.6 Å². The smallest absolute Gasteiger partial charge is 0.127 e. The highest BCUT2D eigenvalue weighted by Crippen LogP contribution is 2.24. The number of nitrogens with two attached hydrogens (primary N) is 1. The van der Waals surface area contributed by atoms with E-state index in [2.05, 4.69) is 0 Å². The van der Waals surface area contributed by atoms with Crippen molar-refractivity contribution in [1.29, 1.82) is 0 Å². The third-order valence-electron chi connectivity index (χ3n) is 2.81. The molecule has 0 saturated heterocycles. The molecule has 3 nitrogen and oxygen atoms in total. The van der Waals surface area contributed by atoms with Crippen molar-refractivity contribution in [2.45, 2.75) is 5.92 Å². The molecule has 0 saturated carbocycles. The number of benzene rings is 2. The SMILES string of the molecule is NCC(CO)c1cccc(Oc2ccccc2)c1. The molecule has 0 spiro atoms. The predicted octanol–water partition coefficient (Wildman–Crippen LogP) is 2.51. The number of hydrogen-bond donors (Lipinski definition) is 2. The second-order valence-electron chi connectivity index (χ2n) is 4.10. The maximum Gasteiger partial charge on any atom is 0.127 e. The molecular weight excluding hydrogens is 226 g/mol. The van der Waals surface area contributed by atoms with Gasteiger partial charge in [-0.3, -0.25) is 0 Å². The number of aliphatic hydroxyl groups is 1. The Balaban J connectivity index is 2.17. The fourth-order valence-corrected chi connectivity index (χ4v) is 1.77. The van der Waals surface area contributed by atoms with Gasteiger partial charge in [0.15, 0.2) is 0 Å². The van der Waals surface area contributed by atoms with Gasteiger partial charge in [0.2, 0.25) is 0 Å². The second-order valence-corrected chi connectivity index (χ2v) is 4.10. The molecule has 0 aliphatic carbocycles. The molecule has 0 fully saturated rings. The van der Waals surface area contributed by atoms with Crippen molar-refractivity contribution in [1.82, 2.24) is 0 Å². The standard InChI is InChI=1S/C15H17NO2/c16-10-13(11-17)12-5-4-8-15(9-12)18-14-6-2-1-3-7-14/h1-9,13,17H,10-11,16H2. The largest absolute Gasteiger partial charge is 0.457 e. The summed E-state index contributed by atoms with van der Waals surface area (Å²) >= 11 is 0. The lowest BCUT2D eigenvalue weighted by Gasteiger charge is -2.13. The van der Waals surface area contributed by atoms with Crippen molar-refractivity contribution in [3.8, 4) is 11.5 Å². The van der Waals surface area contributed by atoms with Gasteiger partial charge >= 0.3 is 0 Å². The molecule has 94 valence electrons. The number of hydrogen-bond acceptors (Lipinski definition) is 3. The van der Waals surface area contributed by atoms with E-state index in [0.717, 1.165) is 17.1 Å². The molecule has 0 aliphatic heterocycles. The van der Waals surface area contributed by atoms with Crippen LogP contribution in [0, 0.1) is 0 Å². The fourth-order valence-electron chi connectivity index (χ4n) is 1.77. The lowest BCUT2D eigenvalue weighted by molar-refractivity contribution is 0.267. The van der Waals surface area contributed by atoms with E-state index in [9.17, 15) is 5.11 Å². The molecule has 3 N–H and O–H groups in total. The molecule has 2 aromatic rings. The molecule has 0 amide bonds. The highest BCUT2D eigenvalue weighted by atomic mass is 16.5. The normalized spacial score (nSPS) is 12.1. The molecule has 0 heterocycles. The average molecular weight is 243 g/mol. The van der Waals surface area contributed by atoms with Gasteiger partial charge in [0.25, 0.3) is 0 Å². The molecule has 0 aromatic heterocycles. The monoisotopic (exact) mass is 243 g/mol. The van der Waals surface area contributed by atoms with Gasteiger partial charge in [0.1, 0.15) is 11.5 Å². The van der Waals surface area contributed by atoms with Crippen LogP contribution < -0.4 is 10.5 Å². The first-order chi connectivity index (χ1) is 8.83. The summed E-state index contributed by atoms with van der Waals surface area (Å²) in [7, 11) is 0. The number of para-hydroxylation sites is 1. The van der Waals surface area contributed by atoms with Crippen molar-refractivity contribution in [3.05, 3.63) is 60.2 Å². The number of rotatable bonds is 5. The first-order valence-electron chi connectivity index (χ1n) is 5.97. The maximum atomic E-state index is 9.24. The van der Waals surface area contributed by atoms with Crippen LogP contribution in [-0.2, 0) is 0 Å². The third kappa shape index (κ3) is 3.09. The van der Waals surface area contributed by atoms with Crippen molar-refractivity contribution < 1.29 is 9.84 Å². The van der Waals surface area contributed by atoms with Crippen molar-refractivity contribution >= 4 is 0 Å². The van der Waals surface area contributed by atoms with Crippen molar-refractivity contribution in [2.24, 2.45) is 5.73 Å². The Morgan fingerprint density at radius 1 is 1.00 bits per heavy atom. The summed E-state index contributed by atoms with van der Waals surface area (Å²) in [5, 5.41) is 9.24. The Kier molecular flexibility index (Phi) is 4.34. The van der Waals surface area contributed by atoms with Gasteiger partial charge in [-0.2, -0.15) is 0 Å². The van der Waals surface area contributed by atoms with Crippen LogP contribution in [0.3, 0.4) is 0 Å². The number of ether oxygens (including phenoxy) is 1. The molecule has 2 aromatic carbocycles. The highest BCUT2D eigenvalue weighted by molar-refractivity contribution is 5.35. The van der Waals surface area contributed by atoms with Crippen LogP contribution >= 0.6 is 0 Å². The van der Waals surface area contributed by atoms with Gasteiger partial charge in [-0.05, 0) is 29.8 Å². The van der Waals surface area contributed by atoms with Gasteiger partial charge in [0, 0.05) is 12.5 Å². The van der Waals surface area contributed by atoms with E-state index < -0.39 is 0 Å². The fraction of sp³-hybridized carbons (Fsp3) is 0.200. The Bertz CT molecular complexity index is 481. The Hall–Kier alpha value is -1.84. The van der Waals surface area contributed by atoms with E-state index >= 15 is 0 Å². The molecule has 0 radical (unpaired) electrons. The van der Waals surface area contributed by atoms with Gasteiger partial charge in [0.05, 0.1) is 6.61 Å². The van der Waals surface area contributed by atoms with E-state index in [0.29, 0.717) is 6.54 Å². The molecule has 3 heteroatoms. The van der Waals surface area contributed by atoms with E-state index in [1.807, 2.05) is 54.6 Å². The molecule has 0 bridgehead atoms. The van der Waals surface area contributed by atoms with Crippen LogP contribution in [0.2, 0.25) is 0 Å². The quantitative estimate of drug-likeness (QED) is 0.848. The summed E-state index contributed by atoms with van der Waals surface area (Å²) in [6.07, 6.45) is 0. The van der Waals surface area contributed by atoms with Crippen LogP contribution in [0.15, 0.2) is 54.6 Å². The zero-order valence-corrected chi connectivity index (χ0v) is 10.1. The molecule has 18 heavy (non-hydrogen) atoms. The first kappa shape index (κ1) is 12.6. The third-order valence-corrected chi connectivity index (χ3v) is 2.81. The van der Waals surface area contributed by atoms with E-state index in [1.165, 1.54) is 0 Å². The lowest BCUT2D eigenvalue weighted by atomic mass is 10.0. The minimum Gasteiger partial charge on any atom is -0.457 e. The average Bonchev–Trinajstić information content (AvgIpc) is 2.42. The summed E-state index contributed by atoms with van der Waals surface area (Å²) in [5.41, 5.74) is 6.61. The molecular formula is C15H17NO2. The van der Waals surface area contributed by atoms with Crippen molar-refractivity contribution in [2.75, 3.05) is 13.2 Å². The summed E-state index contributed by atoms with van der Waals surface area (Å²) in [6.45, 7) is 0.469. The molecule has 2 rings (SSSR count). The molecule has 1 unspecified atom stereocenters. The summed E-state index contributed by atoms with van der Waals surface area (Å²) in [6, 6.07) is 17.3. The Morgan fingerprint density at radius 2 is 1.72 bits per heavy atom. The van der Waals surface area contributed by atoms with E-state index in [-0.39, 0.29) is 12.5 Å². The molecule has 1 atom stereocenters. The van der Waals surface area contributed by atoms with Crippen LogP contribution in [0.4, 0.5) is 0 Å². The zero-order valence-electron chi connectivity index (χ0n) is 10.1. The number of aliphatic hydroxyl groups excluding tert-OH is 1. The summed E-state index contributed by atoms with van der Waals surface area (Å²) in [5.74, 6) is 1.51. The lowest BCUT2D eigenvalue weighted by Crippen LogP contribution is -2.15. The van der Waals surface area contributed by atoms with Crippen LogP contribution in [-0.4, -0.2) is 18.3 Å². The predicted molar refractivity (Wildman–Crippen MR) is 71.8 cm³/mol. The second kappa shape index (κ2) is 6.19. The van der Waals surface area contributed by atoms with Crippen LogP contribution in [0.5, 0.6) is 11.5 Å². The topological polar surface area (TPSA) is 55.5 Å². The summed E-state index contributed by atoms with van der Waals surface area (Å²) < 4.78 is 5.74. The van der Waals surface area contributed by atoms with Crippen LogP contribution in [0.1, 0.15) is 11.5 Å².